The normalized spacial score (nSPS) is 10.2. The van der Waals surface area contributed by atoms with Gasteiger partial charge in [-0.15, -0.1) is 0 Å². The summed E-state index contributed by atoms with van der Waals surface area (Å²) in [6, 6.07) is 0. The van der Waals surface area contributed by atoms with E-state index in [-0.39, 0.29) is 19.0 Å². The van der Waals surface area contributed by atoms with Gasteiger partial charge in [-0.05, 0) is 32.1 Å². The van der Waals surface area contributed by atoms with Crippen LogP contribution in [0.25, 0.3) is 0 Å². The summed E-state index contributed by atoms with van der Waals surface area (Å²) in [5.41, 5.74) is 0. The van der Waals surface area contributed by atoms with Gasteiger partial charge in [-0.25, -0.2) is 0 Å². The number of rotatable bonds is 11. The van der Waals surface area contributed by atoms with Crippen molar-refractivity contribution in [2.24, 2.45) is 0 Å². The molecule has 5 heteroatoms. The molecule has 0 aromatic heterocycles. The van der Waals surface area contributed by atoms with Crippen LogP contribution in [0, 0.1) is 0 Å². The average Bonchev–Trinajstić information content (AvgIpc) is 2.29. The van der Waals surface area contributed by atoms with Crippen LogP contribution in [0.3, 0.4) is 0 Å². The smallest absolute Gasteiger partial charge is 0.305 e. The Labute approximate surface area is 102 Å². The van der Waals surface area contributed by atoms with Gasteiger partial charge < -0.3 is 14.9 Å². The standard InChI is InChI=1S/C12H22O5/c13-9-5-1-4-8-12(16)17-10-6-2-3-7-11(14)15/h13H,1-10H2,(H,14,15). The van der Waals surface area contributed by atoms with Crippen molar-refractivity contribution >= 4 is 11.9 Å². The van der Waals surface area contributed by atoms with Gasteiger partial charge in [0.05, 0.1) is 6.61 Å². The molecule has 0 aliphatic carbocycles. The van der Waals surface area contributed by atoms with Gasteiger partial charge in [0.1, 0.15) is 0 Å². The number of carboxylic acids is 1. The summed E-state index contributed by atoms with van der Waals surface area (Å²) < 4.78 is 4.98. The summed E-state index contributed by atoms with van der Waals surface area (Å²) in [5, 5.41) is 16.9. The topological polar surface area (TPSA) is 83.8 Å². The molecule has 0 rings (SSSR count). The maximum atomic E-state index is 11.2. The lowest BCUT2D eigenvalue weighted by atomic mass is 10.2. The number of carboxylic acid groups (broad SMARTS) is 1. The van der Waals surface area contributed by atoms with Gasteiger partial charge in [0, 0.05) is 19.4 Å². The predicted octanol–water partition coefficient (Wildman–Crippen LogP) is 1.73. The molecule has 0 fully saturated rings. The molecule has 0 aliphatic heterocycles. The van der Waals surface area contributed by atoms with E-state index in [9.17, 15) is 9.59 Å². The molecule has 0 amide bonds. The molecule has 17 heavy (non-hydrogen) atoms. The van der Waals surface area contributed by atoms with Crippen molar-refractivity contribution in [2.75, 3.05) is 13.2 Å². The van der Waals surface area contributed by atoms with Crippen LogP contribution in [0.1, 0.15) is 51.4 Å². The second-order valence-electron chi connectivity index (χ2n) is 3.96. The van der Waals surface area contributed by atoms with Crippen molar-refractivity contribution < 1.29 is 24.5 Å². The molecule has 0 aromatic rings. The lowest BCUT2D eigenvalue weighted by Gasteiger charge is -2.04. The first-order valence-corrected chi connectivity index (χ1v) is 6.15. The molecule has 0 aromatic carbocycles. The second-order valence-corrected chi connectivity index (χ2v) is 3.96. The predicted molar refractivity (Wildman–Crippen MR) is 62.6 cm³/mol. The molecule has 100 valence electrons. The first-order chi connectivity index (χ1) is 8.16. The maximum absolute atomic E-state index is 11.2. The van der Waals surface area contributed by atoms with Crippen molar-refractivity contribution in [1.29, 1.82) is 0 Å². The van der Waals surface area contributed by atoms with Gasteiger partial charge in [-0.2, -0.15) is 0 Å². The number of unbranched alkanes of at least 4 members (excludes halogenated alkanes) is 4. The third kappa shape index (κ3) is 12.8. The lowest BCUT2D eigenvalue weighted by Crippen LogP contribution is -2.06. The number of aliphatic hydroxyl groups excluding tert-OH is 1. The van der Waals surface area contributed by atoms with E-state index in [1.165, 1.54) is 0 Å². The van der Waals surface area contributed by atoms with Crippen LogP contribution in [-0.2, 0) is 14.3 Å². The van der Waals surface area contributed by atoms with E-state index in [1.54, 1.807) is 0 Å². The van der Waals surface area contributed by atoms with E-state index in [1.807, 2.05) is 0 Å². The summed E-state index contributed by atoms with van der Waals surface area (Å²) >= 11 is 0. The van der Waals surface area contributed by atoms with Gasteiger partial charge in [0.25, 0.3) is 0 Å². The number of aliphatic carboxylic acids is 1. The minimum absolute atomic E-state index is 0.165. The molecule has 2 N–H and O–H groups in total. The number of carbonyl (C=O) groups excluding carboxylic acids is 1. The molecule has 0 radical (unpaired) electrons. The Bertz CT molecular complexity index is 215. The zero-order valence-corrected chi connectivity index (χ0v) is 10.2. The Balaban J connectivity index is 3.19. The lowest BCUT2D eigenvalue weighted by molar-refractivity contribution is -0.144. The maximum Gasteiger partial charge on any atom is 0.305 e. The van der Waals surface area contributed by atoms with Crippen molar-refractivity contribution in [3.8, 4) is 0 Å². The minimum atomic E-state index is -0.786. The van der Waals surface area contributed by atoms with Gasteiger partial charge in [0.2, 0.25) is 0 Å². The Morgan fingerprint density at radius 3 is 2.18 bits per heavy atom. The fraction of sp³-hybridized carbons (Fsp3) is 0.833. The van der Waals surface area contributed by atoms with Crippen LogP contribution in [0.4, 0.5) is 0 Å². The highest BCUT2D eigenvalue weighted by Gasteiger charge is 2.02. The minimum Gasteiger partial charge on any atom is -0.481 e. The molecule has 5 nitrogen and oxygen atoms in total. The van der Waals surface area contributed by atoms with Crippen LogP contribution in [0.2, 0.25) is 0 Å². The van der Waals surface area contributed by atoms with Crippen LogP contribution >= 0.6 is 0 Å². The average molecular weight is 246 g/mol. The number of carbonyl (C=O) groups is 2. The molecule has 0 saturated heterocycles. The monoisotopic (exact) mass is 246 g/mol. The zero-order valence-electron chi connectivity index (χ0n) is 10.2. The fourth-order valence-electron chi connectivity index (χ4n) is 1.37. The van der Waals surface area contributed by atoms with Crippen molar-refractivity contribution in [3.63, 3.8) is 0 Å². The molecule has 0 aliphatic rings. The van der Waals surface area contributed by atoms with Gasteiger partial charge in [-0.1, -0.05) is 6.42 Å². The highest BCUT2D eigenvalue weighted by atomic mass is 16.5. The zero-order chi connectivity index (χ0) is 12.9. The molecule has 0 saturated carbocycles. The van der Waals surface area contributed by atoms with E-state index in [4.69, 9.17) is 14.9 Å². The summed E-state index contributed by atoms with van der Waals surface area (Å²) in [6.45, 7) is 0.539. The van der Waals surface area contributed by atoms with Gasteiger partial charge in [0.15, 0.2) is 0 Å². The Kier molecular flexibility index (Phi) is 10.7. The third-order valence-electron chi connectivity index (χ3n) is 2.34. The van der Waals surface area contributed by atoms with Crippen molar-refractivity contribution in [3.05, 3.63) is 0 Å². The SMILES string of the molecule is O=C(O)CCCCCOC(=O)CCCCCO. The van der Waals surface area contributed by atoms with Crippen LogP contribution < -0.4 is 0 Å². The number of aliphatic hydroxyl groups is 1. The van der Waals surface area contributed by atoms with Crippen LogP contribution in [0.5, 0.6) is 0 Å². The van der Waals surface area contributed by atoms with E-state index >= 15 is 0 Å². The third-order valence-corrected chi connectivity index (χ3v) is 2.34. The first-order valence-electron chi connectivity index (χ1n) is 6.15. The number of hydrogen-bond donors (Lipinski definition) is 2. The molecule has 0 spiro atoms. The van der Waals surface area contributed by atoms with Crippen molar-refractivity contribution in [2.45, 2.75) is 51.4 Å². The highest BCUT2D eigenvalue weighted by molar-refractivity contribution is 5.69. The Morgan fingerprint density at radius 2 is 1.53 bits per heavy atom. The molecule has 0 bridgehead atoms. The van der Waals surface area contributed by atoms with E-state index in [2.05, 4.69) is 0 Å². The van der Waals surface area contributed by atoms with E-state index < -0.39 is 5.97 Å². The summed E-state index contributed by atoms with van der Waals surface area (Å²) in [6.07, 6.45) is 5.00. The molecule has 0 unspecified atom stereocenters. The molecular formula is C12H22O5. The van der Waals surface area contributed by atoms with E-state index in [0.717, 1.165) is 32.1 Å². The van der Waals surface area contributed by atoms with Crippen LogP contribution in [0.15, 0.2) is 0 Å². The quantitative estimate of drug-likeness (QED) is 0.428. The van der Waals surface area contributed by atoms with E-state index in [0.29, 0.717) is 19.4 Å². The largest absolute Gasteiger partial charge is 0.481 e. The van der Waals surface area contributed by atoms with Crippen molar-refractivity contribution in [1.82, 2.24) is 0 Å². The summed E-state index contributed by atoms with van der Waals surface area (Å²) in [4.78, 5) is 21.4. The molecule has 0 heterocycles. The first kappa shape index (κ1) is 15.9. The number of esters is 1. The van der Waals surface area contributed by atoms with Gasteiger partial charge in [-0.3, -0.25) is 9.59 Å². The number of hydrogen-bond acceptors (Lipinski definition) is 4. The second kappa shape index (κ2) is 11.4. The number of ether oxygens (including phenoxy) is 1. The molecular weight excluding hydrogens is 224 g/mol. The Morgan fingerprint density at radius 1 is 0.882 bits per heavy atom. The highest BCUT2D eigenvalue weighted by Crippen LogP contribution is 2.03. The van der Waals surface area contributed by atoms with Crippen LogP contribution in [-0.4, -0.2) is 35.4 Å². The fourth-order valence-corrected chi connectivity index (χ4v) is 1.37. The Hall–Kier alpha value is -1.10. The van der Waals surface area contributed by atoms with Gasteiger partial charge >= 0.3 is 11.9 Å². The summed E-state index contributed by atoms with van der Waals surface area (Å²) in [5.74, 6) is -0.993. The summed E-state index contributed by atoms with van der Waals surface area (Å²) in [7, 11) is 0. The molecule has 0 atom stereocenters.